The smallest absolute Gasteiger partial charge is 0.132 e. The summed E-state index contributed by atoms with van der Waals surface area (Å²) in [5, 5.41) is 7.80. The molecule has 1 aromatic heterocycles. The Morgan fingerprint density at radius 2 is 1.95 bits per heavy atom. The largest absolute Gasteiger partial charge is 0.487 e. The van der Waals surface area contributed by atoms with E-state index in [-0.39, 0.29) is 5.54 Å². The second-order valence-electron chi connectivity index (χ2n) is 5.98. The number of benzene rings is 1. The fourth-order valence-electron chi connectivity index (χ4n) is 1.84. The van der Waals surface area contributed by atoms with E-state index in [1.165, 1.54) is 5.56 Å². The van der Waals surface area contributed by atoms with Crippen molar-refractivity contribution in [3.8, 4) is 5.75 Å². The molecule has 0 amide bonds. The predicted octanol–water partition coefficient (Wildman–Crippen LogP) is 2.89. The highest BCUT2D eigenvalue weighted by Gasteiger charge is 2.11. The molecule has 0 aliphatic heterocycles. The van der Waals surface area contributed by atoms with Gasteiger partial charge in [-0.1, -0.05) is 18.2 Å². The van der Waals surface area contributed by atoms with Crippen LogP contribution in [0.15, 0.2) is 36.5 Å². The van der Waals surface area contributed by atoms with Crippen molar-refractivity contribution in [2.24, 2.45) is 7.05 Å². The zero-order chi connectivity index (χ0) is 14.6. The summed E-state index contributed by atoms with van der Waals surface area (Å²) in [6.45, 7) is 7.76. The fourth-order valence-corrected chi connectivity index (χ4v) is 1.84. The molecule has 0 bridgehead atoms. The summed E-state index contributed by atoms with van der Waals surface area (Å²) >= 11 is 0. The maximum Gasteiger partial charge on any atom is 0.132 e. The minimum atomic E-state index is 0.0914. The van der Waals surface area contributed by atoms with E-state index in [4.69, 9.17) is 4.74 Å². The van der Waals surface area contributed by atoms with Gasteiger partial charge in [-0.05, 0) is 32.9 Å². The Hall–Kier alpha value is -1.81. The van der Waals surface area contributed by atoms with Gasteiger partial charge in [0.2, 0.25) is 0 Å². The van der Waals surface area contributed by atoms with Crippen molar-refractivity contribution in [2.75, 3.05) is 0 Å². The zero-order valence-corrected chi connectivity index (χ0v) is 12.7. The molecular weight excluding hydrogens is 250 g/mol. The van der Waals surface area contributed by atoms with Gasteiger partial charge in [-0.25, -0.2) is 0 Å². The summed E-state index contributed by atoms with van der Waals surface area (Å²) in [6.07, 6.45) is 1.92. The lowest BCUT2D eigenvalue weighted by Crippen LogP contribution is -2.35. The first-order valence-corrected chi connectivity index (χ1v) is 6.88. The second-order valence-corrected chi connectivity index (χ2v) is 5.98. The van der Waals surface area contributed by atoms with E-state index in [1.807, 2.05) is 37.5 Å². The summed E-state index contributed by atoms with van der Waals surface area (Å²) in [7, 11) is 1.91. The number of nitrogens with zero attached hydrogens (tertiary/aromatic N) is 2. The SMILES string of the molecule is Cn1ccc(COc2ccccc2CNC(C)(C)C)n1. The fraction of sp³-hybridized carbons (Fsp3) is 0.438. The number of hydrogen-bond acceptors (Lipinski definition) is 3. The van der Waals surface area contributed by atoms with E-state index in [0.29, 0.717) is 6.61 Å². The van der Waals surface area contributed by atoms with Gasteiger partial charge in [0, 0.05) is 30.9 Å². The van der Waals surface area contributed by atoms with Gasteiger partial charge in [-0.15, -0.1) is 0 Å². The third-order valence-electron chi connectivity index (χ3n) is 2.93. The van der Waals surface area contributed by atoms with E-state index >= 15 is 0 Å². The van der Waals surface area contributed by atoms with E-state index in [1.54, 1.807) is 4.68 Å². The van der Waals surface area contributed by atoms with Gasteiger partial charge >= 0.3 is 0 Å². The molecule has 1 heterocycles. The number of nitrogens with one attached hydrogen (secondary N) is 1. The van der Waals surface area contributed by atoms with Crippen LogP contribution < -0.4 is 10.1 Å². The van der Waals surface area contributed by atoms with E-state index in [2.05, 4.69) is 37.3 Å². The molecule has 2 rings (SSSR count). The van der Waals surface area contributed by atoms with Crippen LogP contribution in [0.3, 0.4) is 0 Å². The van der Waals surface area contributed by atoms with Gasteiger partial charge in [0.1, 0.15) is 12.4 Å². The summed E-state index contributed by atoms with van der Waals surface area (Å²) < 4.78 is 7.67. The summed E-state index contributed by atoms with van der Waals surface area (Å²) in [5.74, 6) is 0.912. The average molecular weight is 273 g/mol. The number of rotatable bonds is 5. The number of hydrogen-bond donors (Lipinski definition) is 1. The maximum atomic E-state index is 5.89. The number of aryl methyl sites for hydroxylation is 1. The highest BCUT2D eigenvalue weighted by Crippen LogP contribution is 2.19. The van der Waals surface area contributed by atoms with Crippen LogP contribution in [0.25, 0.3) is 0 Å². The molecule has 2 aromatic rings. The molecule has 0 saturated carbocycles. The molecule has 0 aliphatic rings. The highest BCUT2D eigenvalue weighted by atomic mass is 16.5. The number of para-hydroxylation sites is 1. The molecule has 1 N–H and O–H groups in total. The van der Waals surface area contributed by atoms with Crippen molar-refractivity contribution in [1.82, 2.24) is 15.1 Å². The van der Waals surface area contributed by atoms with Crippen LogP contribution in [0.4, 0.5) is 0 Å². The minimum Gasteiger partial charge on any atom is -0.487 e. The lowest BCUT2D eigenvalue weighted by atomic mass is 10.1. The Bertz CT molecular complexity index is 555. The van der Waals surface area contributed by atoms with Gasteiger partial charge in [0.05, 0.1) is 5.69 Å². The van der Waals surface area contributed by atoms with Crippen LogP contribution >= 0.6 is 0 Å². The number of aromatic nitrogens is 2. The Morgan fingerprint density at radius 3 is 2.60 bits per heavy atom. The Balaban J connectivity index is 2.00. The Kier molecular flexibility index (Phi) is 4.45. The molecule has 4 nitrogen and oxygen atoms in total. The normalized spacial score (nSPS) is 11.6. The summed E-state index contributed by atoms with van der Waals surface area (Å²) in [6, 6.07) is 10.1. The van der Waals surface area contributed by atoms with Crippen LogP contribution in [0.2, 0.25) is 0 Å². The summed E-state index contributed by atoms with van der Waals surface area (Å²) in [5.41, 5.74) is 2.19. The Labute approximate surface area is 120 Å². The first kappa shape index (κ1) is 14.6. The van der Waals surface area contributed by atoms with Crippen molar-refractivity contribution < 1.29 is 4.74 Å². The third-order valence-corrected chi connectivity index (χ3v) is 2.93. The van der Waals surface area contributed by atoms with Gasteiger partial charge in [0.25, 0.3) is 0 Å². The second kappa shape index (κ2) is 6.09. The lowest BCUT2D eigenvalue weighted by molar-refractivity contribution is 0.294. The van der Waals surface area contributed by atoms with Gasteiger partial charge in [-0.3, -0.25) is 4.68 Å². The highest BCUT2D eigenvalue weighted by molar-refractivity contribution is 5.33. The monoisotopic (exact) mass is 273 g/mol. The standard InChI is InChI=1S/C16H23N3O/c1-16(2,3)17-11-13-7-5-6-8-15(13)20-12-14-9-10-19(4)18-14/h5-10,17H,11-12H2,1-4H3. The van der Waals surface area contributed by atoms with Crippen molar-refractivity contribution in [3.05, 3.63) is 47.8 Å². The molecule has 0 fully saturated rings. The van der Waals surface area contributed by atoms with E-state index < -0.39 is 0 Å². The maximum absolute atomic E-state index is 5.89. The van der Waals surface area contributed by atoms with Crippen LogP contribution in [0.1, 0.15) is 32.0 Å². The third kappa shape index (κ3) is 4.38. The molecule has 0 atom stereocenters. The molecule has 108 valence electrons. The van der Waals surface area contributed by atoms with Gasteiger partial charge in [-0.2, -0.15) is 5.10 Å². The van der Waals surface area contributed by atoms with Crippen LogP contribution in [0.5, 0.6) is 5.75 Å². The predicted molar refractivity (Wildman–Crippen MR) is 80.6 cm³/mol. The molecule has 1 aromatic carbocycles. The molecule has 0 radical (unpaired) electrons. The average Bonchev–Trinajstić information content (AvgIpc) is 2.80. The van der Waals surface area contributed by atoms with Crippen molar-refractivity contribution in [1.29, 1.82) is 0 Å². The quantitative estimate of drug-likeness (QED) is 0.910. The molecule has 4 heteroatoms. The van der Waals surface area contributed by atoms with Gasteiger partial charge in [0.15, 0.2) is 0 Å². The minimum absolute atomic E-state index is 0.0914. The van der Waals surface area contributed by atoms with Crippen molar-refractivity contribution in [2.45, 2.75) is 39.5 Å². The zero-order valence-electron chi connectivity index (χ0n) is 12.7. The topological polar surface area (TPSA) is 39.1 Å². The number of ether oxygens (including phenoxy) is 1. The molecule has 0 unspecified atom stereocenters. The molecule has 0 spiro atoms. The van der Waals surface area contributed by atoms with Crippen LogP contribution in [0, 0.1) is 0 Å². The first-order chi connectivity index (χ1) is 9.44. The van der Waals surface area contributed by atoms with E-state index in [0.717, 1.165) is 18.0 Å². The molecule has 0 aliphatic carbocycles. The van der Waals surface area contributed by atoms with Crippen LogP contribution in [-0.4, -0.2) is 15.3 Å². The lowest BCUT2D eigenvalue weighted by Gasteiger charge is -2.21. The van der Waals surface area contributed by atoms with Crippen LogP contribution in [-0.2, 0) is 20.2 Å². The summed E-state index contributed by atoms with van der Waals surface area (Å²) in [4.78, 5) is 0. The Morgan fingerprint density at radius 1 is 1.20 bits per heavy atom. The van der Waals surface area contributed by atoms with Crippen molar-refractivity contribution >= 4 is 0 Å². The first-order valence-electron chi connectivity index (χ1n) is 6.88. The van der Waals surface area contributed by atoms with E-state index in [9.17, 15) is 0 Å². The van der Waals surface area contributed by atoms with Crippen molar-refractivity contribution in [3.63, 3.8) is 0 Å². The van der Waals surface area contributed by atoms with Gasteiger partial charge < -0.3 is 10.1 Å². The molecular formula is C16H23N3O. The molecule has 20 heavy (non-hydrogen) atoms. The molecule has 0 saturated heterocycles.